The average molecular weight is 189 g/mol. The number of ether oxygens (including phenoxy) is 1. The van der Waals surface area contributed by atoms with E-state index in [2.05, 4.69) is 5.32 Å². The van der Waals surface area contributed by atoms with E-state index in [0.717, 1.165) is 0 Å². The maximum Gasteiger partial charge on any atom is 0.407 e. The van der Waals surface area contributed by atoms with Crippen molar-refractivity contribution in [1.82, 2.24) is 5.32 Å². The number of alkyl halides is 1. The van der Waals surface area contributed by atoms with Gasteiger partial charge in [-0.05, 0) is 33.6 Å². The number of hydrogen-bond acceptors (Lipinski definition) is 2. The van der Waals surface area contributed by atoms with E-state index in [9.17, 15) is 9.18 Å². The highest BCUT2D eigenvalue weighted by atomic mass is 19.1. The fourth-order valence-corrected chi connectivity index (χ4v) is 1.14. The van der Waals surface area contributed by atoms with Crippen molar-refractivity contribution in [2.45, 2.75) is 51.4 Å². The fourth-order valence-electron chi connectivity index (χ4n) is 1.14. The molecule has 1 aliphatic rings. The molecule has 1 fully saturated rings. The van der Waals surface area contributed by atoms with Crippen molar-refractivity contribution >= 4 is 6.09 Å². The molecule has 3 nitrogen and oxygen atoms in total. The Morgan fingerprint density at radius 1 is 1.46 bits per heavy atom. The minimum absolute atomic E-state index is 0.0372. The van der Waals surface area contributed by atoms with Crippen LogP contribution in [0, 0.1) is 0 Å². The molecule has 0 saturated heterocycles. The van der Waals surface area contributed by atoms with Gasteiger partial charge in [0.25, 0.3) is 0 Å². The van der Waals surface area contributed by atoms with E-state index in [1.165, 1.54) is 0 Å². The molecule has 0 heterocycles. The summed E-state index contributed by atoms with van der Waals surface area (Å²) in [6.45, 7) is 5.39. The van der Waals surface area contributed by atoms with Gasteiger partial charge in [0.15, 0.2) is 0 Å². The molecule has 1 N–H and O–H groups in total. The van der Waals surface area contributed by atoms with Gasteiger partial charge in [0.2, 0.25) is 0 Å². The Bertz CT molecular complexity index is 194. The Hall–Kier alpha value is -0.800. The van der Waals surface area contributed by atoms with Crippen LogP contribution in [0.3, 0.4) is 0 Å². The van der Waals surface area contributed by atoms with E-state index >= 15 is 0 Å². The van der Waals surface area contributed by atoms with E-state index < -0.39 is 17.9 Å². The molecule has 0 aromatic rings. The highest BCUT2D eigenvalue weighted by molar-refractivity contribution is 5.68. The predicted octanol–water partition coefficient (Wildman–Crippen LogP) is 2.01. The van der Waals surface area contributed by atoms with Gasteiger partial charge in [0, 0.05) is 6.04 Å². The first kappa shape index (κ1) is 10.3. The zero-order valence-electron chi connectivity index (χ0n) is 8.26. The first-order valence-corrected chi connectivity index (χ1v) is 4.50. The van der Waals surface area contributed by atoms with Crippen molar-refractivity contribution in [2.75, 3.05) is 0 Å². The minimum atomic E-state index is -0.750. The number of rotatable bonds is 1. The van der Waals surface area contributed by atoms with Gasteiger partial charge >= 0.3 is 6.09 Å². The molecule has 13 heavy (non-hydrogen) atoms. The molecule has 4 heteroatoms. The summed E-state index contributed by atoms with van der Waals surface area (Å²) >= 11 is 0. The Balaban J connectivity index is 2.19. The SMILES string of the molecule is CC(C)(C)OC(=O)NC1CC(F)C1. The average Bonchev–Trinajstić information content (AvgIpc) is 1.79. The molecule has 1 aliphatic carbocycles. The Kier molecular flexibility index (Phi) is 2.78. The highest BCUT2D eigenvalue weighted by Gasteiger charge is 2.31. The monoisotopic (exact) mass is 189 g/mol. The normalized spacial score (nSPS) is 27.7. The molecule has 0 atom stereocenters. The molecule has 1 amide bonds. The topological polar surface area (TPSA) is 38.3 Å². The minimum Gasteiger partial charge on any atom is -0.444 e. The maximum absolute atomic E-state index is 12.4. The molecule has 0 unspecified atom stereocenters. The maximum atomic E-state index is 12.4. The number of nitrogens with one attached hydrogen (secondary N) is 1. The van der Waals surface area contributed by atoms with Crippen LogP contribution in [0.2, 0.25) is 0 Å². The van der Waals surface area contributed by atoms with Gasteiger partial charge in [-0.25, -0.2) is 9.18 Å². The van der Waals surface area contributed by atoms with Crippen LogP contribution in [0.1, 0.15) is 33.6 Å². The number of hydrogen-bond donors (Lipinski definition) is 1. The first-order valence-electron chi connectivity index (χ1n) is 4.50. The lowest BCUT2D eigenvalue weighted by molar-refractivity contribution is 0.0433. The van der Waals surface area contributed by atoms with Crippen molar-refractivity contribution in [3.63, 3.8) is 0 Å². The fraction of sp³-hybridized carbons (Fsp3) is 0.889. The largest absolute Gasteiger partial charge is 0.444 e. The lowest BCUT2D eigenvalue weighted by atomic mass is 9.91. The smallest absolute Gasteiger partial charge is 0.407 e. The molecule has 0 aromatic carbocycles. The standard InChI is InChI=1S/C9H16FNO2/c1-9(2,3)13-8(12)11-7-4-6(10)5-7/h6-7H,4-5H2,1-3H3,(H,11,12). The zero-order valence-corrected chi connectivity index (χ0v) is 8.26. The summed E-state index contributed by atoms with van der Waals surface area (Å²) in [6.07, 6.45) is -0.372. The van der Waals surface area contributed by atoms with Gasteiger partial charge in [-0.3, -0.25) is 0 Å². The summed E-state index contributed by atoms with van der Waals surface area (Å²) in [7, 11) is 0. The van der Waals surface area contributed by atoms with E-state index in [0.29, 0.717) is 12.8 Å². The van der Waals surface area contributed by atoms with E-state index in [4.69, 9.17) is 4.74 Å². The third-order valence-corrected chi connectivity index (χ3v) is 1.80. The van der Waals surface area contributed by atoms with Crippen LogP contribution in [0.15, 0.2) is 0 Å². The summed E-state index contributed by atoms with van der Waals surface area (Å²) in [5.41, 5.74) is -0.483. The van der Waals surface area contributed by atoms with E-state index in [1.807, 2.05) is 0 Å². The van der Waals surface area contributed by atoms with Crippen molar-refractivity contribution in [3.05, 3.63) is 0 Å². The number of amides is 1. The molecule has 0 spiro atoms. The van der Waals surface area contributed by atoms with Crippen LogP contribution in [-0.2, 0) is 4.74 Å². The van der Waals surface area contributed by atoms with E-state index in [1.54, 1.807) is 20.8 Å². The molecule has 76 valence electrons. The molecule has 1 rings (SSSR count). The molecule has 1 saturated carbocycles. The van der Waals surface area contributed by atoms with Crippen LogP contribution in [-0.4, -0.2) is 23.9 Å². The summed E-state index contributed by atoms with van der Waals surface area (Å²) in [5.74, 6) is 0. The molecular formula is C9H16FNO2. The number of halogens is 1. The highest BCUT2D eigenvalue weighted by Crippen LogP contribution is 2.23. The van der Waals surface area contributed by atoms with E-state index in [-0.39, 0.29) is 6.04 Å². The van der Waals surface area contributed by atoms with Crippen molar-refractivity contribution in [1.29, 1.82) is 0 Å². The van der Waals surface area contributed by atoms with Crippen LogP contribution in [0.25, 0.3) is 0 Å². The van der Waals surface area contributed by atoms with Gasteiger partial charge in [0.05, 0.1) is 0 Å². The molecule has 0 aliphatic heterocycles. The predicted molar refractivity (Wildman–Crippen MR) is 47.3 cm³/mol. The molecule has 0 aromatic heterocycles. The van der Waals surface area contributed by atoms with Gasteiger partial charge in [-0.15, -0.1) is 0 Å². The second-order valence-electron chi connectivity index (χ2n) is 4.41. The Morgan fingerprint density at radius 2 is 2.00 bits per heavy atom. The van der Waals surface area contributed by atoms with Crippen LogP contribution in [0.4, 0.5) is 9.18 Å². The quantitative estimate of drug-likeness (QED) is 0.685. The third kappa shape index (κ3) is 3.61. The summed E-state index contributed by atoms with van der Waals surface area (Å²) in [4.78, 5) is 11.1. The number of carbonyl (C=O) groups is 1. The second kappa shape index (κ2) is 3.52. The number of alkyl carbamates (subject to hydrolysis) is 1. The van der Waals surface area contributed by atoms with Crippen molar-refractivity contribution in [3.8, 4) is 0 Å². The second-order valence-corrected chi connectivity index (χ2v) is 4.41. The Morgan fingerprint density at radius 3 is 2.38 bits per heavy atom. The van der Waals surface area contributed by atoms with Crippen LogP contribution < -0.4 is 5.32 Å². The summed E-state index contributed by atoms with van der Waals surface area (Å²) < 4.78 is 17.4. The van der Waals surface area contributed by atoms with Crippen LogP contribution in [0.5, 0.6) is 0 Å². The molecular weight excluding hydrogens is 173 g/mol. The van der Waals surface area contributed by atoms with Crippen molar-refractivity contribution < 1.29 is 13.9 Å². The lowest BCUT2D eigenvalue weighted by Gasteiger charge is -2.31. The van der Waals surface area contributed by atoms with Crippen LogP contribution >= 0.6 is 0 Å². The van der Waals surface area contributed by atoms with Gasteiger partial charge in [0.1, 0.15) is 11.8 Å². The third-order valence-electron chi connectivity index (χ3n) is 1.80. The summed E-state index contributed by atoms with van der Waals surface area (Å²) in [5, 5.41) is 2.60. The lowest BCUT2D eigenvalue weighted by Crippen LogP contribution is -2.46. The summed E-state index contributed by atoms with van der Waals surface area (Å²) in [6, 6.07) is -0.0372. The molecule has 0 bridgehead atoms. The van der Waals surface area contributed by atoms with Gasteiger partial charge in [-0.2, -0.15) is 0 Å². The number of carbonyl (C=O) groups excluding carboxylic acids is 1. The zero-order chi connectivity index (χ0) is 10.1. The van der Waals surface area contributed by atoms with Gasteiger partial charge < -0.3 is 10.1 Å². The Labute approximate surface area is 77.6 Å². The molecule has 0 radical (unpaired) electrons. The first-order chi connectivity index (χ1) is 5.87. The van der Waals surface area contributed by atoms with Gasteiger partial charge in [-0.1, -0.05) is 0 Å². The van der Waals surface area contributed by atoms with Crippen molar-refractivity contribution in [2.24, 2.45) is 0 Å².